The highest BCUT2D eigenvalue weighted by molar-refractivity contribution is 5.85. The van der Waals surface area contributed by atoms with E-state index >= 15 is 0 Å². The van der Waals surface area contributed by atoms with Gasteiger partial charge in [-0.05, 0) is 56.2 Å². The van der Waals surface area contributed by atoms with Crippen LogP contribution in [0.5, 0.6) is 5.75 Å². The van der Waals surface area contributed by atoms with Gasteiger partial charge in [-0.3, -0.25) is 5.32 Å². The summed E-state index contributed by atoms with van der Waals surface area (Å²) in [4.78, 5) is 11.7. The quantitative estimate of drug-likeness (QED) is 0.781. The molecule has 0 unspecified atom stereocenters. The molecule has 0 saturated heterocycles. The number of amides is 1. The molecule has 0 saturated carbocycles. The fourth-order valence-corrected chi connectivity index (χ4v) is 2.02. The van der Waals surface area contributed by atoms with Crippen molar-refractivity contribution in [2.24, 2.45) is 0 Å². The van der Waals surface area contributed by atoms with E-state index in [1.54, 1.807) is 45.0 Å². The van der Waals surface area contributed by atoms with Crippen LogP contribution in [-0.2, 0) is 4.74 Å². The minimum atomic E-state index is -4.71. The molecular weight excluding hydrogens is 335 g/mol. The third-order valence-corrected chi connectivity index (χ3v) is 2.95. The SMILES string of the molecule is CC(C)(C)OC(=O)Nc1ccc(-c2ccc(OC(F)(F)F)cc2)cc1. The van der Waals surface area contributed by atoms with Crippen molar-refractivity contribution in [1.82, 2.24) is 0 Å². The molecule has 0 radical (unpaired) electrons. The molecule has 0 aromatic heterocycles. The molecule has 2 aromatic carbocycles. The van der Waals surface area contributed by atoms with Crippen LogP contribution in [0.25, 0.3) is 11.1 Å². The number of nitrogens with one attached hydrogen (secondary N) is 1. The summed E-state index contributed by atoms with van der Waals surface area (Å²) in [6, 6.07) is 12.4. The lowest BCUT2D eigenvalue weighted by Gasteiger charge is -2.19. The van der Waals surface area contributed by atoms with Crippen molar-refractivity contribution in [3.8, 4) is 16.9 Å². The number of halogens is 3. The lowest BCUT2D eigenvalue weighted by Crippen LogP contribution is -2.27. The zero-order chi connectivity index (χ0) is 18.7. The van der Waals surface area contributed by atoms with E-state index in [4.69, 9.17) is 4.74 Å². The first-order chi connectivity index (χ1) is 11.5. The fourth-order valence-electron chi connectivity index (χ4n) is 2.02. The smallest absolute Gasteiger partial charge is 0.444 e. The molecule has 0 spiro atoms. The second-order valence-electron chi connectivity index (χ2n) is 6.28. The normalized spacial score (nSPS) is 11.8. The van der Waals surface area contributed by atoms with Crippen LogP contribution in [0.1, 0.15) is 20.8 Å². The monoisotopic (exact) mass is 353 g/mol. The molecule has 1 N–H and O–H groups in total. The zero-order valence-corrected chi connectivity index (χ0v) is 14.0. The van der Waals surface area contributed by atoms with Gasteiger partial charge in [0.05, 0.1) is 0 Å². The van der Waals surface area contributed by atoms with E-state index in [1.807, 2.05) is 0 Å². The van der Waals surface area contributed by atoms with Gasteiger partial charge in [0.25, 0.3) is 0 Å². The number of rotatable bonds is 3. The second kappa shape index (κ2) is 7.04. The van der Waals surface area contributed by atoms with E-state index in [9.17, 15) is 18.0 Å². The van der Waals surface area contributed by atoms with Crippen LogP contribution < -0.4 is 10.1 Å². The zero-order valence-electron chi connectivity index (χ0n) is 14.0. The Morgan fingerprint density at radius 1 is 0.880 bits per heavy atom. The Kier molecular flexibility index (Phi) is 5.25. The third-order valence-electron chi connectivity index (χ3n) is 2.95. The molecule has 0 aliphatic carbocycles. The van der Waals surface area contributed by atoms with Gasteiger partial charge in [0.2, 0.25) is 0 Å². The number of benzene rings is 2. The Labute approximate surface area is 143 Å². The number of ether oxygens (including phenoxy) is 2. The van der Waals surface area contributed by atoms with Gasteiger partial charge in [0.15, 0.2) is 0 Å². The van der Waals surface area contributed by atoms with Crippen molar-refractivity contribution >= 4 is 11.8 Å². The summed E-state index contributed by atoms with van der Waals surface area (Å²) in [5, 5.41) is 2.61. The van der Waals surface area contributed by atoms with Crippen LogP contribution >= 0.6 is 0 Å². The van der Waals surface area contributed by atoms with Gasteiger partial charge in [0.1, 0.15) is 11.4 Å². The lowest BCUT2D eigenvalue weighted by atomic mass is 10.1. The fraction of sp³-hybridized carbons (Fsp3) is 0.278. The maximum Gasteiger partial charge on any atom is 0.573 e. The van der Waals surface area contributed by atoms with E-state index in [-0.39, 0.29) is 5.75 Å². The van der Waals surface area contributed by atoms with Crippen LogP contribution in [0.2, 0.25) is 0 Å². The maximum absolute atomic E-state index is 12.1. The molecule has 134 valence electrons. The molecule has 1 amide bonds. The first-order valence-corrected chi connectivity index (χ1v) is 7.48. The van der Waals surface area contributed by atoms with Crippen LogP contribution in [0, 0.1) is 0 Å². The van der Waals surface area contributed by atoms with Crippen LogP contribution in [0.15, 0.2) is 48.5 Å². The van der Waals surface area contributed by atoms with Gasteiger partial charge in [-0.25, -0.2) is 4.79 Å². The molecule has 4 nitrogen and oxygen atoms in total. The number of carbonyl (C=O) groups excluding carboxylic acids is 1. The highest BCUT2D eigenvalue weighted by Gasteiger charge is 2.30. The van der Waals surface area contributed by atoms with Crippen molar-refractivity contribution < 1.29 is 27.4 Å². The van der Waals surface area contributed by atoms with Gasteiger partial charge < -0.3 is 9.47 Å². The largest absolute Gasteiger partial charge is 0.573 e. The minimum absolute atomic E-state index is 0.278. The van der Waals surface area contributed by atoms with Crippen molar-refractivity contribution in [3.05, 3.63) is 48.5 Å². The summed E-state index contributed by atoms with van der Waals surface area (Å²) in [6.07, 6.45) is -5.27. The topological polar surface area (TPSA) is 47.6 Å². The van der Waals surface area contributed by atoms with E-state index in [0.29, 0.717) is 5.69 Å². The highest BCUT2D eigenvalue weighted by Crippen LogP contribution is 2.27. The summed E-state index contributed by atoms with van der Waals surface area (Å²) >= 11 is 0. The first-order valence-electron chi connectivity index (χ1n) is 7.48. The number of carbonyl (C=O) groups is 1. The Hall–Kier alpha value is -2.70. The van der Waals surface area contributed by atoms with Gasteiger partial charge in [-0.15, -0.1) is 13.2 Å². The molecule has 7 heteroatoms. The summed E-state index contributed by atoms with van der Waals surface area (Å²) in [6.45, 7) is 5.30. The standard InChI is InChI=1S/C18H18F3NO3/c1-17(2,3)25-16(23)22-14-8-4-12(5-9-14)13-6-10-15(11-7-13)24-18(19,20)21/h4-11H,1-3H3,(H,22,23). The Balaban J connectivity index is 2.03. The van der Waals surface area contributed by atoms with Crippen LogP contribution in [-0.4, -0.2) is 18.1 Å². The third kappa shape index (κ3) is 6.37. The molecule has 0 fully saturated rings. The lowest BCUT2D eigenvalue weighted by molar-refractivity contribution is -0.274. The van der Waals surface area contributed by atoms with Crippen molar-refractivity contribution in [2.45, 2.75) is 32.7 Å². The molecule has 0 atom stereocenters. The second-order valence-corrected chi connectivity index (χ2v) is 6.28. The minimum Gasteiger partial charge on any atom is -0.444 e. The average Bonchev–Trinajstić information content (AvgIpc) is 2.45. The first kappa shape index (κ1) is 18.6. The summed E-state index contributed by atoms with van der Waals surface area (Å²) in [5.74, 6) is -0.278. The van der Waals surface area contributed by atoms with E-state index < -0.39 is 18.1 Å². The van der Waals surface area contributed by atoms with Gasteiger partial charge in [0, 0.05) is 5.69 Å². The average molecular weight is 353 g/mol. The summed E-state index contributed by atoms with van der Waals surface area (Å²) in [7, 11) is 0. The molecular formula is C18H18F3NO3. The molecule has 0 heterocycles. The Morgan fingerprint density at radius 2 is 1.36 bits per heavy atom. The van der Waals surface area contributed by atoms with Crippen LogP contribution in [0.3, 0.4) is 0 Å². The molecule has 2 aromatic rings. The Bertz CT molecular complexity index is 717. The maximum atomic E-state index is 12.1. The van der Waals surface area contributed by atoms with Crippen molar-refractivity contribution in [1.29, 1.82) is 0 Å². The van der Waals surface area contributed by atoms with Gasteiger partial charge in [-0.1, -0.05) is 24.3 Å². The number of hydrogen-bond acceptors (Lipinski definition) is 3. The molecule has 2 rings (SSSR count). The van der Waals surface area contributed by atoms with E-state index in [0.717, 1.165) is 11.1 Å². The molecule has 0 aliphatic rings. The van der Waals surface area contributed by atoms with Crippen molar-refractivity contribution in [3.63, 3.8) is 0 Å². The molecule has 25 heavy (non-hydrogen) atoms. The molecule has 0 bridgehead atoms. The van der Waals surface area contributed by atoms with E-state index in [1.165, 1.54) is 24.3 Å². The predicted octanol–water partition coefficient (Wildman–Crippen LogP) is 5.60. The Morgan fingerprint density at radius 3 is 1.80 bits per heavy atom. The van der Waals surface area contributed by atoms with E-state index in [2.05, 4.69) is 10.1 Å². The molecule has 0 aliphatic heterocycles. The predicted molar refractivity (Wildman–Crippen MR) is 88.4 cm³/mol. The van der Waals surface area contributed by atoms with Crippen molar-refractivity contribution in [2.75, 3.05) is 5.32 Å². The van der Waals surface area contributed by atoms with Gasteiger partial charge in [-0.2, -0.15) is 0 Å². The van der Waals surface area contributed by atoms with Gasteiger partial charge >= 0.3 is 12.5 Å². The van der Waals surface area contributed by atoms with Crippen LogP contribution in [0.4, 0.5) is 23.7 Å². The highest BCUT2D eigenvalue weighted by atomic mass is 19.4. The number of alkyl halides is 3. The summed E-state index contributed by atoms with van der Waals surface area (Å²) < 4.78 is 45.4. The number of anilines is 1. The number of hydrogen-bond donors (Lipinski definition) is 1. The summed E-state index contributed by atoms with van der Waals surface area (Å²) in [5.41, 5.74) is 1.46.